The molecule has 0 fully saturated rings. The summed E-state index contributed by atoms with van der Waals surface area (Å²) in [7, 11) is 0. The molecule has 2 nitrogen and oxygen atoms in total. The molecule has 14 heavy (non-hydrogen) atoms. The van der Waals surface area contributed by atoms with Crippen molar-refractivity contribution in [1.82, 2.24) is 4.98 Å². The summed E-state index contributed by atoms with van der Waals surface area (Å²) in [6.07, 6.45) is 7.07. The van der Waals surface area contributed by atoms with Gasteiger partial charge in [-0.3, -0.25) is 0 Å². The quantitative estimate of drug-likeness (QED) is 0.773. The molecule has 0 spiro atoms. The van der Waals surface area contributed by atoms with Crippen LogP contribution in [-0.2, 0) is 0 Å². The number of nitrogens with zero attached hydrogens (tertiary/aromatic N) is 1. The van der Waals surface area contributed by atoms with Crippen molar-refractivity contribution >= 4 is 17.4 Å². The number of anilines is 1. The van der Waals surface area contributed by atoms with Crippen molar-refractivity contribution in [3.63, 3.8) is 0 Å². The summed E-state index contributed by atoms with van der Waals surface area (Å²) in [5.41, 5.74) is 0. The third-order valence-electron chi connectivity index (χ3n) is 1.90. The standard InChI is InChI=1S/C11H13ClN2/c1-4-10(8(2)3)14-11-9(12)6-5-7-13-11/h1,5-8,10H,2-3H3,(H,13,14). The second-order valence-electron chi connectivity index (χ2n) is 3.37. The summed E-state index contributed by atoms with van der Waals surface area (Å²) in [4.78, 5) is 4.11. The summed E-state index contributed by atoms with van der Waals surface area (Å²) < 4.78 is 0. The molecule has 1 aromatic rings. The van der Waals surface area contributed by atoms with E-state index >= 15 is 0 Å². The highest BCUT2D eigenvalue weighted by Gasteiger charge is 2.11. The Hall–Kier alpha value is -1.20. The van der Waals surface area contributed by atoms with Crippen molar-refractivity contribution in [2.45, 2.75) is 19.9 Å². The Labute approximate surface area is 89.7 Å². The smallest absolute Gasteiger partial charge is 0.145 e. The van der Waals surface area contributed by atoms with Crippen molar-refractivity contribution in [2.24, 2.45) is 5.92 Å². The van der Waals surface area contributed by atoms with Crippen molar-refractivity contribution in [3.05, 3.63) is 23.4 Å². The first kappa shape index (κ1) is 10.9. The highest BCUT2D eigenvalue weighted by atomic mass is 35.5. The zero-order valence-corrected chi connectivity index (χ0v) is 9.05. The van der Waals surface area contributed by atoms with Gasteiger partial charge in [-0.15, -0.1) is 6.42 Å². The maximum absolute atomic E-state index is 5.94. The zero-order valence-electron chi connectivity index (χ0n) is 8.29. The van der Waals surface area contributed by atoms with Crippen LogP contribution in [0.4, 0.5) is 5.82 Å². The van der Waals surface area contributed by atoms with Crippen LogP contribution in [0.5, 0.6) is 0 Å². The molecule has 0 saturated carbocycles. The number of rotatable bonds is 3. The van der Waals surface area contributed by atoms with Gasteiger partial charge in [-0.2, -0.15) is 0 Å². The SMILES string of the molecule is C#CC(Nc1ncccc1Cl)C(C)C. The van der Waals surface area contributed by atoms with E-state index in [9.17, 15) is 0 Å². The molecule has 0 bridgehead atoms. The normalized spacial score (nSPS) is 12.2. The Morgan fingerprint density at radius 3 is 2.79 bits per heavy atom. The largest absolute Gasteiger partial charge is 0.355 e. The van der Waals surface area contributed by atoms with Gasteiger partial charge < -0.3 is 5.32 Å². The lowest BCUT2D eigenvalue weighted by Gasteiger charge is -2.17. The van der Waals surface area contributed by atoms with Crippen molar-refractivity contribution in [3.8, 4) is 12.3 Å². The minimum atomic E-state index is -0.0394. The van der Waals surface area contributed by atoms with E-state index < -0.39 is 0 Å². The van der Waals surface area contributed by atoms with Gasteiger partial charge >= 0.3 is 0 Å². The average molecular weight is 209 g/mol. The van der Waals surface area contributed by atoms with Gasteiger partial charge in [0.25, 0.3) is 0 Å². The first-order chi connectivity index (χ1) is 6.65. The van der Waals surface area contributed by atoms with Crippen LogP contribution in [0.2, 0.25) is 5.02 Å². The average Bonchev–Trinajstić information content (AvgIpc) is 2.16. The van der Waals surface area contributed by atoms with E-state index in [2.05, 4.69) is 16.2 Å². The second-order valence-corrected chi connectivity index (χ2v) is 3.77. The fraction of sp³-hybridized carbons (Fsp3) is 0.364. The molecule has 74 valence electrons. The Morgan fingerprint density at radius 2 is 2.29 bits per heavy atom. The lowest BCUT2D eigenvalue weighted by molar-refractivity contribution is 0.612. The summed E-state index contributed by atoms with van der Waals surface area (Å²) >= 11 is 5.94. The Kier molecular flexibility index (Phi) is 3.79. The zero-order chi connectivity index (χ0) is 10.6. The number of nitrogens with one attached hydrogen (secondary N) is 1. The van der Waals surface area contributed by atoms with Crippen molar-refractivity contribution in [1.29, 1.82) is 0 Å². The Bertz CT molecular complexity index is 341. The van der Waals surface area contributed by atoms with E-state index in [1.807, 2.05) is 13.8 Å². The fourth-order valence-corrected chi connectivity index (χ4v) is 1.22. The molecule has 1 atom stereocenters. The minimum absolute atomic E-state index is 0.0394. The van der Waals surface area contributed by atoms with Crippen LogP contribution in [-0.4, -0.2) is 11.0 Å². The highest BCUT2D eigenvalue weighted by molar-refractivity contribution is 6.32. The third kappa shape index (κ3) is 2.65. The van der Waals surface area contributed by atoms with Gasteiger partial charge in [0.2, 0.25) is 0 Å². The summed E-state index contributed by atoms with van der Waals surface area (Å²) in [6.45, 7) is 4.10. The molecule has 0 radical (unpaired) electrons. The summed E-state index contributed by atoms with van der Waals surface area (Å²) in [5.74, 6) is 3.66. The van der Waals surface area contributed by atoms with Gasteiger partial charge in [0, 0.05) is 6.20 Å². The van der Waals surface area contributed by atoms with Gasteiger partial charge in [-0.05, 0) is 18.1 Å². The number of aromatic nitrogens is 1. The molecule has 1 N–H and O–H groups in total. The first-order valence-corrected chi connectivity index (χ1v) is 4.86. The number of pyridine rings is 1. The number of halogens is 1. The molecule has 0 aliphatic carbocycles. The molecule has 0 aromatic carbocycles. The van der Waals surface area contributed by atoms with E-state index in [1.165, 1.54) is 0 Å². The fourth-order valence-electron chi connectivity index (χ4n) is 1.04. The topological polar surface area (TPSA) is 24.9 Å². The van der Waals surface area contributed by atoms with E-state index in [0.29, 0.717) is 16.8 Å². The van der Waals surface area contributed by atoms with E-state index in [1.54, 1.807) is 18.3 Å². The Balaban J connectivity index is 2.78. The Morgan fingerprint density at radius 1 is 1.57 bits per heavy atom. The van der Waals surface area contributed by atoms with E-state index in [0.717, 1.165) is 0 Å². The monoisotopic (exact) mass is 208 g/mol. The van der Waals surface area contributed by atoms with Gasteiger partial charge in [-0.1, -0.05) is 31.4 Å². The third-order valence-corrected chi connectivity index (χ3v) is 2.20. The maximum Gasteiger partial charge on any atom is 0.145 e. The number of hydrogen-bond acceptors (Lipinski definition) is 2. The maximum atomic E-state index is 5.94. The molecule has 1 heterocycles. The lowest BCUT2D eigenvalue weighted by atomic mass is 10.1. The van der Waals surface area contributed by atoms with Crippen molar-refractivity contribution < 1.29 is 0 Å². The summed E-state index contributed by atoms with van der Waals surface area (Å²) in [5, 5.41) is 3.71. The van der Waals surface area contributed by atoms with Gasteiger partial charge in [-0.25, -0.2) is 4.98 Å². The molecule has 0 aliphatic rings. The molecule has 0 amide bonds. The molecular weight excluding hydrogens is 196 g/mol. The van der Waals surface area contributed by atoms with Gasteiger partial charge in [0.15, 0.2) is 0 Å². The molecular formula is C11H13ClN2. The van der Waals surface area contributed by atoms with Crippen LogP contribution < -0.4 is 5.32 Å². The first-order valence-electron chi connectivity index (χ1n) is 4.48. The molecule has 0 aliphatic heterocycles. The van der Waals surface area contributed by atoms with Crippen LogP contribution in [0.1, 0.15) is 13.8 Å². The van der Waals surface area contributed by atoms with Crippen LogP contribution in [0.25, 0.3) is 0 Å². The van der Waals surface area contributed by atoms with Crippen LogP contribution in [0, 0.1) is 18.3 Å². The predicted molar refractivity (Wildman–Crippen MR) is 60.3 cm³/mol. The van der Waals surface area contributed by atoms with E-state index in [-0.39, 0.29) is 6.04 Å². The second kappa shape index (κ2) is 4.88. The summed E-state index contributed by atoms with van der Waals surface area (Å²) in [6, 6.07) is 3.53. The molecule has 0 saturated heterocycles. The van der Waals surface area contributed by atoms with Gasteiger partial charge in [0.05, 0.1) is 11.1 Å². The van der Waals surface area contributed by atoms with E-state index in [4.69, 9.17) is 18.0 Å². The molecule has 1 unspecified atom stereocenters. The predicted octanol–water partition coefficient (Wildman–Crippen LogP) is 2.80. The van der Waals surface area contributed by atoms with Crippen molar-refractivity contribution in [2.75, 3.05) is 5.32 Å². The van der Waals surface area contributed by atoms with Crippen LogP contribution >= 0.6 is 11.6 Å². The van der Waals surface area contributed by atoms with Gasteiger partial charge in [0.1, 0.15) is 5.82 Å². The molecule has 1 rings (SSSR count). The van der Waals surface area contributed by atoms with Crippen LogP contribution in [0.15, 0.2) is 18.3 Å². The molecule has 3 heteroatoms. The van der Waals surface area contributed by atoms with Crippen LogP contribution in [0.3, 0.4) is 0 Å². The molecule has 1 aromatic heterocycles. The number of terminal acetylenes is 1. The number of hydrogen-bond donors (Lipinski definition) is 1. The lowest BCUT2D eigenvalue weighted by Crippen LogP contribution is -2.24. The highest BCUT2D eigenvalue weighted by Crippen LogP contribution is 2.19. The minimum Gasteiger partial charge on any atom is -0.355 e.